The molecule has 7 aromatic rings. The molecule has 12 heterocycles. The van der Waals surface area contributed by atoms with Crippen molar-refractivity contribution in [3.63, 3.8) is 0 Å². The van der Waals surface area contributed by atoms with Crippen molar-refractivity contribution < 1.29 is 51.0 Å². The minimum atomic E-state index is -3.15. The van der Waals surface area contributed by atoms with Gasteiger partial charge in [0, 0.05) is 254 Å². The van der Waals surface area contributed by atoms with E-state index in [0.29, 0.717) is 50.0 Å². The van der Waals surface area contributed by atoms with Gasteiger partial charge >= 0.3 is 0 Å². The van der Waals surface area contributed by atoms with Crippen molar-refractivity contribution in [2.75, 3.05) is 383 Å². The lowest BCUT2D eigenvalue weighted by atomic mass is 10.1. The maximum Gasteiger partial charge on any atom is 0.211 e. The SMILES string of the molecule is CCN[C@H](C)COc1ccccc1N1CCNCC1.CN1CCCC(Oc2ccccc2N2CCNCC2)C1.CN1CCC[C@@H](Oc2ccccc2N2CCNCC2)C1.CS(=O)(=O)N1CCCC(Oc2ccccc2N2CCNCC2)C1.C[C@H](COc1ccccc1N1CCNCC1)N(C)C.C[C@H](COc1ccccc1N1CCNCC1)N1CCOCC1.c1ccc(N2CCNCC2)c(OCCN2CCOCC2)c1. The van der Waals surface area contributed by atoms with Crippen molar-refractivity contribution in [1.82, 2.24) is 71.3 Å². The second-order valence-corrected chi connectivity index (χ2v) is 41.7. The summed E-state index contributed by atoms with van der Waals surface area (Å²) in [5.41, 5.74) is 8.48. The summed E-state index contributed by atoms with van der Waals surface area (Å²) in [5, 5.41) is 27.1. The maximum absolute atomic E-state index is 11.8. The van der Waals surface area contributed by atoms with Crippen LogP contribution in [0, 0.1) is 0 Å². The van der Waals surface area contributed by atoms with Crippen LogP contribution in [0.2, 0.25) is 0 Å². The lowest BCUT2D eigenvalue weighted by Gasteiger charge is -2.34. The van der Waals surface area contributed by atoms with Gasteiger partial charge in [-0.25, -0.2) is 8.42 Å². The van der Waals surface area contributed by atoms with Crippen LogP contribution in [-0.4, -0.2) is 423 Å². The summed E-state index contributed by atoms with van der Waals surface area (Å²) in [4.78, 5) is 28.5. The Morgan fingerprint density at radius 1 is 0.354 bits per heavy atom. The predicted octanol–water partition coefficient (Wildman–Crippen LogP) is 8.94. The number of rotatable bonds is 31. The lowest BCUT2D eigenvalue weighted by molar-refractivity contribution is 0.0105. The molecule has 0 aromatic heterocycles. The number of anilines is 7. The van der Waals surface area contributed by atoms with Crippen molar-refractivity contribution in [2.24, 2.45) is 0 Å². The fourth-order valence-corrected chi connectivity index (χ4v) is 20.8. The number of sulfonamides is 1. The Balaban J connectivity index is 0.000000141. The third kappa shape index (κ3) is 37.7. The fourth-order valence-electron chi connectivity index (χ4n) is 19.9. The predicted molar refractivity (Wildman–Crippen MR) is 590 cm³/mol. The van der Waals surface area contributed by atoms with Gasteiger partial charge in [0.25, 0.3) is 0 Å². The van der Waals surface area contributed by atoms with E-state index in [9.17, 15) is 8.42 Å². The molecule has 6 atom stereocenters. The van der Waals surface area contributed by atoms with E-state index in [4.69, 9.17) is 42.6 Å². The van der Waals surface area contributed by atoms with Gasteiger partial charge in [-0.15, -0.1) is 0 Å². The van der Waals surface area contributed by atoms with Crippen molar-refractivity contribution in [2.45, 2.75) is 103 Å². The molecule has 12 saturated heterocycles. The molecule has 8 N–H and O–H groups in total. The summed E-state index contributed by atoms with van der Waals surface area (Å²) in [7, 11) is 5.37. The number of hydrogen-bond donors (Lipinski definition) is 8. The molecule has 12 aliphatic rings. The van der Waals surface area contributed by atoms with Crippen molar-refractivity contribution in [1.29, 1.82) is 0 Å². The van der Waals surface area contributed by atoms with Crippen molar-refractivity contribution in [3.8, 4) is 40.2 Å². The number of morpholine rings is 2. The molecule has 798 valence electrons. The van der Waals surface area contributed by atoms with Crippen LogP contribution in [0.3, 0.4) is 0 Å². The van der Waals surface area contributed by atoms with Crippen LogP contribution in [0.15, 0.2) is 170 Å². The molecule has 0 saturated carbocycles. The van der Waals surface area contributed by atoms with E-state index in [-0.39, 0.29) is 6.10 Å². The number of nitrogens with zero attached hydrogens (tertiary/aromatic N) is 13. The Kier molecular flexibility index (Phi) is 48.6. The van der Waals surface area contributed by atoms with E-state index in [2.05, 4.69) is 297 Å². The van der Waals surface area contributed by atoms with E-state index in [1.165, 1.54) is 83.5 Å². The number of para-hydroxylation sites is 14. The zero-order valence-electron chi connectivity index (χ0n) is 88.5. The van der Waals surface area contributed by atoms with Gasteiger partial charge in [-0.05, 0) is 192 Å². The van der Waals surface area contributed by atoms with Gasteiger partial charge in [-0.2, -0.15) is 4.31 Å². The molecule has 0 radical (unpaired) electrons. The monoisotopic (exact) mass is 2010 g/mol. The number of benzene rings is 7. The molecule has 33 heteroatoms. The van der Waals surface area contributed by atoms with E-state index < -0.39 is 10.0 Å². The van der Waals surface area contributed by atoms with Crippen LogP contribution >= 0.6 is 0 Å². The van der Waals surface area contributed by atoms with Gasteiger partial charge in [0.1, 0.15) is 85.0 Å². The molecule has 0 spiro atoms. The number of piperidine rings is 3. The van der Waals surface area contributed by atoms with Crippen LogP contribution in [0.25, 0.3) is 0 Å². The van der Waals surface area contributed by atoms with Gasteiger partial charge in [0.2, 0.25) is 10.0 Å². The first-order valence-corrected chi connectivity index (χ1v) is 56.0. The maximum atomic E-state index is 11.8. The van der Waals surface area contributed by atoms with Gasteiger partial charge < -0.3 is 134 Å². The summed E-state index contributed by atoms with van der Waals surface area (Å²) < 4.78 is 78.8. The molecular weight excluding hydrogens is 1840 g/mol. The van der Waals surface area contributed by atoms with Crippen molar-refractivity contribution >= 4 is 49.8 Å². The highest BCUT2D eigenvalue weighted by Gasteiger charge is 2.31. The molecule has 19 rings (SSSR count). The average Bonchev–Trinajstić information content (AvgIpc) is 0.828. The smallest absolute Gasteiger partial charge is 0.211 e. The average molecular weight is 2010 g/mol. The topological polar surface area (TPSA) is 256 Å². The summed E-state index contributed by atoms with van der Waals surface area (Å²) in [6, 6.07) is 59.7. The largest absolute Gasteiger partial charge is 0.490 e. The molecule has 32 nitrogen and oxygen atoms in total. The normalized spacial score (nSPS) is 21.5. The first-order chi connectivity index (χ1) is 70.5. The second kappa shape index (κ2) is 62.4. The molecule has 2 unspecified atom stereocenters. The zero-order chi connectivity index (χ0) is 101. The molecule has 0 amide bonds. The standard InChI is InChI=1S/C17H27N3O2.C16H25N3O3S.C16H25N3O2.2C16H25N3O.2C15H25N3O/c1-15(19-10-12-21-13-11-19)14-22-17-5-3-2-4-16(17)20-8-6-18-7-9-20;1-23(20,21)19-10-4-5-14(13-19)22-16-7-3-2-6-15(16)18-11-8-17-9-12-18;1-2-4-16(15(3-1)19-7-5-17-6-8-19)21-14-11-18-9-12-20-13-10-18;2*1-18-10-4-5-14(13-18)20-16-7-3-2-6-15(16)19-11-8-17-9-12-19;1-13(17(2)3)12-19-15-7-5-4-6-14(15)18-10-8-16-9-11-18;1-3-17-13(2)12-19-15-7-5-4-6-14(15)18-10-8-16-9-11-18/h2-5,15,18H,6-14H2,1H3;2-3,6-7,14,17H,4-5,8-13H2,1H3;1-4,17H,5-14H2;2*2-3,6-7,14,17H,4-5,8-13H2,1H3;4-7,13,16H,8-12H2,1-3H3;4-7,13,16-17H,3,8-12H2,1-2H3/t15-;;;14-;;2*13-/m1..1.11/s1. The highest BCUT2D eigenvalue weighted by Crippen LogP contribution is 2.37. The summed E-state index contributed by atoms with van der Waals surface area (Å²) >= 11 is 0. The molecule has 0 bridgehead atoms. The van der Waals surface area contributed by atoms with Crippen LogP contribution < -0.4 is 110 Å². The quantitative estimate of drug-likeness (QED) is 0.0202. The Morgan fingerprint density at radius 3 is 0.944 bits per heavy atom. The summed E-state index contributed by atoms with van der Waals surface area (Å²) in [6.07, 6.45) is 8.38. The molecule has 0 aliphatic carbocycles. The molecular formula is C111H177N21O11S. The number of nitrogens with one attached hydrogen (secondary N) is 8. The number of ether oxygens (including phenoxy) is 9. The van der Waals surface area contributed by atoms with Gasteiger partial charge in [0.15, 0.2) is 0 Å². The Morgan fingerprint density at radius 2 is 0.632 bits per heavy atom. The van der Waals surface area contributed by atoms with Crippen LogP contribution in [-0.2, 0) is 19.5 Å². The van der Waals surface area contributed by atoms with E-state index >= 15 is 0 Å². The lowest BCUT2D eigenvalue weighted by Crippen LogP contribution is -2.45. The first kappa shape index (κ1) is 112. The van der Waals surface area contributed by atoms with Crippen LogP contribution in [0.1, 0.15) is 66.2 Å². The highest BCUT2D eigenvalue weighted by atomic mass is 32.2. The Bertz CT molecular complexity index is 4720. The third-order valence-electron chi connectivity index (χ3n) is 28.4. The number of likely N-dealkylation sites (tertiary alicyclic amines) is 2. The molecule has 144 heavy (non-hydrogen) atoms. The van der Waals surface area contributed by atoms with E-state index in [0.717, 1.165) is 341 Å². The zero-order valence-corrected chi connectivity index (χ0v) is 89.3. The fraction of sp³-hybridized carbons (Fsp3) is 0.622. The summed E-state index contributed by atoms with van der Waals surface area (Å²) in [6.45, 7) is 55.4. The van der Waals surface area contributed by atoms with Crippen molar-refractivity contribution in [3.05, 3.63) is 170 Å². The minimum Gasteiger partial charge on any atom is -0.490 e. The van der Waals surface area contributed by atoms with Gasteiger partial charge in [-0.3, -0.25) is 9.80 Å². The molecule has 12 aliphatic heterocycles. The molecule has 7 aromatic carbocycles. The van der Waals surface area contributed by atoms with Crippen LogP contribution in [0.4, 0.5) is 39.8 Å². The Labute approximate surface area is 863 Å². The second-order valence-electron chi connectivity index (χ2n) is 39.7. The number of piperazine rings is 7. The van der Waals surface area contributed by atoms with Gasteiger partial charge in [-0.1, -0.05) is 91.9 Å². The first-order valence-electron chi connectivity index (χ1n) is 54.1. The number of likely N-dealkylation sites (N-methyl/N-ethyl adjacent to an activating group) is 4. The van der Waals surface area contributed by atoms with Crippen LogP contribution in [0.5, 0.6) is 40.2 Å². The van der Waals surface area contributed by atoms with Gasteiger partial charge in [0.05, 0.1) is 79.0 Å². The Hall–Kier alpha value is -8.95. The van der Waals surface area contributed by atoms with E-state index in [1.54, 1.807) is 0 Å². The summed E-state index contributed by atoms with van der Waals surface area (Å²) in [5.74, 6) is 6.96. The minimum absolute atomic E-state index is 0.0810. The highest BCUT2D eigenvalue weighted by molar-refractivity contribution is 7.88. The third-order valence-corrected chi connectivity index (χ3v) is 29.7. The number of hydrogen-bond acceptors (Lipinski definition) is 31. The van der Waals surface area contributed by atoms with E-state index in [1.807, 2.05) is 30.3 Å². The molecule has 12 fully saturated rings.